The van der Waals surface area contributed by atoms with Gasteiger partial charge in [-0.2, -0.15) is 0 Å². The predicted molar refractivity (Wildman–Crippen MR) is 110 cm³/mol. The molecule has 0 aliphatic heterocycles. The molecule has 5 nitrogen and oxygen atoms in total. The van der Waals surface area contributed by atoms with Crippen LogP contribution in [0.3, 0.4) is 0 Å². The van der Waals surface area contributed by atoms with Crippen molar-refractivity contribution in [2.24, 2.45) is 0 Å². The highest BCUT2D eigenvalue weighted by Gasteiger charge is 2.18. The smallest absolute Gasteiger partial charge is 0.252 e. The maximum Gasteiger partial charge on any atom is 0.252 e. The number of benzene rings is 2. The number of rotatable bonds is 8. The lowest BCUT2D eigenvalue weighted by Gasteiger charge is -2.11. The van der Waals surface area contributed by atoms with E-state index in [1.165, 1.54) is 11.3 Å². The molecule has 0 saturated carbocycles. The molecule has 0 saturated heterocycles. The van der Waals surface area contributed by atoms with Crippen molar-refractivity contribution < 1.29 is 19.1 Å². The van der Waals surface area contributed by atoms with Crippen molar-refractivity contribution >= 4 is 23.0 Å². The van der Waals surface area contributed by atoms with E-state index >= 15 is 0 Å². The number of ketones is 1. The number of methoxy groups -OCH3 is 2. The van der Waals surface area contributed by atoms with Crippen LogP contribution < -0.4 is 14.8 Å². The molecule has 0 bridgehead atoms. The van der Waals surface area contributed by atoms with Crippen LogP contribution in [0.4, 0.5) is 0 Å². The Hall–Kier alpha value is -3.12. The summed E-state index contributed by atoms with van der Waals surface area (Å²) in [5.74, 6) is 0.913. The fraction of sp³-hybridized carbons (Fsp3) is 0.182. The molecule has 1 aromatic heterocycles. The zero-order valence-corrected chi connectivity index (χ0v) is 16.5. The van der Waals surface area contributed by atoms with Crippen LogP contribution in [0.5, 0.6) is 11.5 Å². The minimum absolute atomic E-state index is 0.138. The number of ether oxygens (including phenoxy) is 2. The first kappa shape index (κ1) is 19.6. The van der Waals surface area contributed by atoms with Crippen LogP contribution in [0, 0.1) is 0 Å². The van der Waals surface area contributed by atoms with E-state index in [1.54, 1.807) is 44.6 Å². The van der Waals surface area contributed by atoms with Gasteiger partial charge in [0.05, 0.1) is 24.7 Å². The second kappa shape index (κ2) is 9.19. The first-order valence-electron chi connectivity index (χ1n) is 8.80. The highest BCUT2D eigenvalue weighted by molar-refractivity contribution is 7.12. The van der Waals surface area contributed by atoms with Crippen LogP contribution in [0.1, 0.15) is 31.2 Å². The van der Waals surface area contributed by atoms with E-state index in [4.69, 9.17) is 9.47 Å². The summed E-state index contributed by atoms with van der Waals surface area (Å²) >= 11 is 1.36. The normalized spacial score (nSPS) is 10.4. The summed E-state index contributed by atoms with van der Waals surface area (Å²) in [5.41, 5.74) is 1.81. The number of hydrogen-bond donors (Lipinski definition) is 1. The first-order valence-corrected chi connectivity index (χ1v) is 9.68. The molecule has 1 N–H and O–H groups in total. The van der Waals surface area contributed by atoms with Gasteiger partial charge in [-0.3, -0.25) is 9.59 Å². The van der Waals surface area contributed by atoms with Crippen molar-refractivity contribution in [3.63, 3.8) is 0 Å². The summed E-state index contributed by atoms with van der Waals surface area (Å²) in [6.45, 7) is 0.440. The Kier molecular flexibility index (Phi) is 6.45. The molecule has 3 aromatic rings. The minimum Gasteiger partial charge on any atom is -0.493 e. The van der Waals surface area contributed by atoms with Crippen molar-refractivity contribution in [1.29, 1.82) is 0 Å². The van der Waals surface area contributed by atoms with Crippen molar-refractivity contribution in [3.8, 4) is 11.5 Å². The Bertz CT molecular complexity index is 966. The molecule has 1 heterocycles. The predicted octanol–water partition coefficient (Wildman–Crippen LogP) is 3.97. The number of thiophene rings is 1. The van der Waals surface area contributed by atoms with Gasteiger partial charge in [0.2, 0.25) is 5.78 Å². The van der Waals surface area contributed by atoms with Gasteiger partial charge in [0.25, 0.3) is 5.91 Å². The van der Waals surface area contributed by atoms with Crippen LogP contribution >= 0.6 is 11.3 Å². The van der Waals surface area contributed by atoms with Gasteiger partial charge in [0, 0.05) is 12.1 Å². The standard InChI is InChI=1S/C22H21NO4S/c1-26-18-10-9-15(14-19(18)27-2)11-12-23-22(25)17-7-4-3-6-16(17)21(24)20-8-5-13-28-20/h3-10,13-14H,11-12H2,1-2H3,(H,23,25). The molecule has 3 rings (SSSR count). The molecule has 0 fully saturated rings. The van der Waals surface area contributed by atoms with E-state index in [0.29, 0.717) is 40.5 Å². The zero-order valence-electron chi connectivity index (χ0n) is 15.7. The number of amides is 1. The van der Waals surface area contributed by atoms with Gasteiger partial charge in [0.15, 0.2) is 11.5 Å². The number of hydrogen-bond acceptors (Lipinski definition) is 5. The van der Waals surface area contributed by atoms with Gasteiger partial charge in [0.1, 0.15) is 0 Å². The average Bonchev–Trinajstić information content (AvgIpc) is 3.28. The summed E-state index contributed by atoms with van der Waals surface area (Å²) in [5, 5.41) is 4.74. The molecule has 0 aliphatic carbocycles. The van der Waals surface area contributed by atoms with Crippen LogP contribution in [-0.2, 0) is 6.42 Å². The molecule has 0 aliphatic rings. The summed E-state index contributed by atoms with van der Waals surface area (Å²) in [6, 6.07) is 16.1. The van der Waals surface area contributed by atoms with Crippen LogP contribution in [0.25, 0.3) is 0 Å². The fourth-order valence-corrected chi connectivity index (χ4v) is 3.55. The SMILES string of the molecule is COc1ccc(CCNC(=O)c2ccccc2C(=O)c2cccs2)cc1OC. The molecule has 1 amide bonds. The third kappa shape index (κ3) is 4.40. The Morgan fingerprint density at radius 3 is 2.36 bits per heavy atom. The van der Waals surface area contributed by atoms with Crippen molar-refractivity contribution in [1.82, 2.24) is 5.32 Å². The molecule has 28 heavy (non-hydrogen) atoms. The van der Waals surface area contributed by atoms with E-state index in [2.05, 4.69) is 5.32 Å². The van der Waals surface area contributed by atoms with E-state index in [-0.39, 0.29) is 11.7 Å². The summed E-state index contributed by atoms with van der Waals surface area (Å²) in [4.78, 5) is 25.9. The molecular formula is C22H21NO4S. The second-order valence-electron chi connectivity index (χ2n) is 6.05. The summed E-state index contributed by atoms with van der Waals surface area (Å²) in [7, 11) is 3.18. The van der Waals surface area contributed by atoms with Crippen molar-refractivity contribution in [2.75, 3.05) is 20.8 Å². The van der Waals surface area contributed by atoms with Gasteiger partial charge in [-0.25, -0.2) is 0 Å². The van der Waals surface area contributed by atoms with Gasteiger partial charge >= 0.3 is 0 Å². The van der Waals surface area contributed by atoms with Crippen molar-refractivity contribution in [2.45, 2.75) is 6.42 Å². The monoisotopic (exact) mass is 395 g/mol. The number of carbonyl (C=O) groups is 2. The van der Waals surface area contributed by atoms with E-state index in [0.717, 1.165) is 5.56 Å². The van der Waals surface area contributed by atoms with E-state index < -0.39 is 0 Å². The first-order chi connectivity index (χ1) is 13.6. The lowest BCUT2D eigenvalue weighted by atomic mass is 10.0. The Balaban J connectivity index is 1.67. The maximum atomic E-state index is 12.7. The lowest BCUT2D eigenvalue weighted by Crippen LogP contribution is -2.27. The third-order valence-electron chi connectivity index (χ3n) is 4.31. The van der Waals surface area contributed by atoms with Crippen LogP contribution in [-0.4, -0.2) is 32.5 Å². The summed E-state index contributed by atoms with van der Waals surface area (Å²) < 4.78 is 10.5. The highest BCUT2D eigenvalue weighted by Crippen LogP contribution is 2.27. The molecule has 0 spiro atoms. The zero-order chi connectivity index (χ0) is 19.9. The van der Waals surface area contributed by atoms with Gasteiger partial charge in [-0.05, 0) is 41.6 Å². The third-order valence-corrected chi connectivity index (χ3v) is 5.18. The summed E-state index contributed by atoms with van der Waals surface area (Å²) in [6.07, 6.45) is 0.632. The molecule has 144 valence electrons. The van der Waals surface area contributed by atoms with E-state index in [9.17, 15) is 9.59 Å². The largest absolute Gasteiger partial charge is 0.493 e. The van der Waals surface area contributed by atoms with Crippen LogP contribution in [0.2, 0.25) is 0 Å². The highest BCUT2D eigenvalue weighted by atomic mass is 32.1. The molecule has 6 heteroatoms. The number of carbonyl (C=O) groups excluding carboxylic acids is 2. The quantitative estimate of drug-likeness (QED) is 0.586. The lowest BCUT2D eigenvalue weighted by molar-refractivity contribution is 0.0943. The molecule has 0 radical (unpaired) electrons. The van der Waals surface area contributed by atoms with Gasteiger partial charge in [-0.15, -0.1) is 11.3 Å². The van der Waals surface area contributed by atoms with Gasteiger partial charge < -0.3 is 14.8 Å². The Morgan fingerprint density at radius 1 is 0.929 bits per heavy atom. The molecular weight excluding hydrogens is 374 g/mol. The average molecular weight is 395 g/mol. The Morgan fingerprint density at radius 2 is 1.68 bits per heavy atom. The van der Waals surface area contributed by atoms with Crippen LogP contribution in [0.15, 0.2) is 60.0 Å². The fourth-order valence-electron chi connectivity index (χ4n) is 2.87. The Labute approximate surface area is 167 Å². The number of nitrogens with one attached hydrogen (secondary N) is 1. The van der Waals surface area contributed by atoms with E-state index in [1.807, 2.05) is 29.6 Å². The molecule has 2 aromatic carbocycles. The minimum atomic E-state index is -0.263. The van der Waals surface area contributed by atoms with Gasteiger partial charge in [-0.1, -0.05) is 30.3 Å². The second-order valence-corrected chi connectivity index (χ2v) is 6.99. The molecule has 0 atom stereocenters. The van der Waals surface area contributed by atoms with Crippen molar-refractivity contribution in [3.05, 3.63) is 81.5 Å². The topological polar surface area (TPSA) is 64.6 Å². The maximum absolute atomic E-state index is 12.7. The molecule has 0 unspecified atom stereocenters.